The number of nitrogens with zero attached hydrogens (tertiary/aromatic N) is 2. The maximum atomic E-state index is 14.1. The van der Waals surface area contributed by atoms with Crippen molar-refractivity contribution in [1.82, 2.24) is 9.78 Å². The second-order valence-electron chi connectivity index (χ2n) is 8.23. The number of carbonyl (C=O) groups excluding carboxylic acids is 1. The Morgan fingerprint density at radius 2 is 1.97 bits per heavy atom. The van der Waals surface area contributed by atoms with E-state index in [2.05, 4.69) is 25.8 Å². The van der Waals surface area contributed by atoms with Crippen LogP contribution < -0.4 is 4.74 Å². The van der Waals surface area contributed by atoms with E-state index in [1.54, 1.807) is 16.8 Å². The van der Waals surface area contributed by atoms with Gasteiger partial charge in [-0.15, -0.1) is 5.10 Å². The number of halogens is 2. The topological polar surface area (TPSA) is 132 Å². The summed E-state index contributed by atoms with van der Waals surface area (Å²) < 4.78 is 36.8. The minimum absolute atomic E-state index is 0.0245. The highest BCUT2D eigenvalue weighted by atomic mass is 79.9. The van der Waals surface area contributed by atoms with Gasteiger partial charge < -0.3 is 34.3 Å². The molecule has 0 saturated carbocycles. The molecule has 12 heteroatoms. The Hall–Kier alpha value is -2.25. The van der Waals surface area contributed by atoms with Gasteiger partial charge in [-0.2, -0.15) is 0 Å². The summed E-state index contributed by atoms with van der Waals surface area (Å²) in [5, 5.41) is 35.5. The zero-order valence-electron chi connectivity index (χ0n) is 19.1. The molecule has 1 saturated heterocycles. The second kappa shape index (κ2) is 11.0. The zero-order chi connectivity index (χ0) is 25.2. The standard InChI is InChI=1S/C22H28BrFN2O8/c1-10(2)26-11(3)13(7-12-5-6-14(23)15(24)8-12)20(25-26)34-21-19(29)18(28)17(27)16(33-21)9-32-22(30)31-4/h5-6,8,10,16-19,21,27-29H,7,9H2,1-4H3/t16-,17-,18+,19-,21+/m1/s1. The van der Waals surface area contributed by atoms with Crippen LogP contribution in [0.4, 0.5) is 9.18 Å². The lowest BCUT2D eigenvalue weighted by Crippen LogP contribution is -2.60. The Labute approximate surface area is 204 Å². The van der Waals surface area contributed by atoms with Gasteiger partial charge in [0.25, 0.3) is 0 Å². The van der Waals surface area contributed by atoms with E-state index < -0.39 is 49.3 Å². The van der Waals surface area contributed by atoms with E-state index in [1.807, 2.05) is 20.8 Å². The lowest BCUT2D eigenvalue weighted by molar-refractivity contribution is -0.278. The van der Waals surface area contributed by atoms with Crippen LogP contribution in [0.2, 0.25) is 0 Å². The number of benzene rings is 1. The summed E-state index contributed by atoms with van der Waals surface area (Å²) in [6.07, 6.45) is -8.14. The summed E-state index contributed by atoms with van der Waals surface area (Å²) >= 11 is 3.14. The maximum Gasteiger partial charge on any atom is 0.508 e. The van der Waals surface area contributed by atoms with Crippen molar-refractivity contribution in [2.45, 2.75) is 63.9 Å². The van der Waals surface area contributed by atoms with E-state index in [1.165, 1.54) is 6.07 Å². The molecule has 3 N–H and O–H groups in total. The number of aliphatic hydroxyl groups excluding tert-OH is 3. The van der Waals surface area contributed by atoms with Crippen LogP contribution in [0.5, 0.6) is 5.88 Å². The molecule has 1 fully saturated rings. The highest BCUT2D eigenvalue weighted by Crippen LogP contribution is 2.31. The van der Waals surface area contributed by atoms with E-state index in [9.17, 15) is 24.5 Å². The van der Waals surface area contributed by atoms with Crippen molar-refractivity contribution in [3.05, 3.63) is 45.3 Å². The van der Waals surface area contributed by atoms with Gasteiger partial charge in [-0.05, 0) is 54.4 Å². The van der Waals surface area contributed by atoms with E-state index in [-0.39, 0.29) is 18.3 Å². The first-order valence-corrected chi connectivity index (χ1v) is 11.4. The molecule has 34 heavy (non-hydrogen) atoms. The van der Waals surface area contributed by atoms with Crippen molar-refractivity contribution in [1.29, 1.82) is 0 Å². The molecule has 3 rings (SSSR count). The van der Waals surface area contributed by atoms with E-state index in [4.69, 9.17) is 14.2 Å². The lowest BCUT2D eigenvalue weighted by atomic mass is 9.99. The van der Waals surface area contributed by atoms with Gasteiger partial charge >= 0.3 is 6.16 Å². The fourth-order valence-electron chi connectivity index (χ4n) is 3.65. The number of aromatic nitrogens is 2. The van der Waals surface area contributed by atoms with Gasteiger partial charge in [0, 0.05) is 23.7 Å². The predicted molar refractivity (Wildman–Crippen MR) is 120 cm³/mol. The number of methoxy groups -OCH3 is 1. The second-order valence-corrected chi connectivity index (χ2v) is 9.08. The van der Waals surface area contributed by atoms with Crippen molar-refractivity contribution < 1.29 is 43.5 Å². The van der Waals surface area contributed by atoms with Crippen molar-refractivity contribution >= 4 is 22.1 Å². The van der Waals surface area contributed by atoms with Crippen molar-refractivity contribution in [3.63, 3.8) is 0 Å². The largest absolute Gasteiger partial charge is 0.508 e. The Morgan fingerprint density at radius 3 is 2.59 bits per heavy atom. The summed E-state index contributed by atoms with van der Waals surface area (Å²) in [6, 6.07) is 4.73. The Morgan fingerprint density at radius 1 is 1.26 bits per heavy atom. The van der Waals surface area contributed by atoms with Crippen LogP contribution in [0.3, 0.4) is 0 Å². The summed E-state index contributed by atoms with van der Waals surface area (Å²) in [7, 11) is 1.12. The van der Waals surface area contributed by atoms with Gasteiger partial charge in [-0.25, -0.2) is 9.18 Å². The van der Waals surface area contributed by atoms with Gasteiger partial charge in [0.15, 0.2) is 0 Å². The molecule has 1 aliphatic rings. The monoisotopic (exact) mass is 546 g/mol. The van der Waals surface area contributed by atoms with Crippen molar-refractivity contribution in [2.24, 2.45) is 0 Å². The van der Waals surface area contributed by atoms with E-state index in [0.29, 0.717) is 15.6 Å². The highest BCUT2D eigenvalue weighted by molar-refractivity contribution is 9.10. The normalized spacial score (nSPS) is 24.8. The smallest absolute Gasteiger partial charge is 0.443 e. The fraction of sp³-hybridized carbons (Fsp3) is 0.545. The minimum Gasteiger partial charge on any atom is -0.443 e. The Kier molecular flexibility index (Phi) is 8.52. The molecule has 2 aromatic rings. The molecule has 188 valence electrons. The molecule has 5 atom stereocenters. The minimum atomic E-state index is -1.64. The SMILES string of the molecule is COC(=O)OC[C@H]1O[C@@H](Oc2nn(C(C)C)c(C)c2Cc2ccc(Br)c(F)c2)[C@H](O)[C@@H](O)[C@@H]1O. The van der Waals surface area contributed by atoms with Crippen molar-refractivity contribution in [3.8, 4) is 5.88 Å². The molecule has 0 bridgehead atoms. The van der Waals surface area contributed by atoms with Gasteiger partial charge in [0.1, 0.15) is 36.8 Å². The third-order valence-electron chi connectivity index (χ3n) is 5.52. The quantitative estimate of drug-likeness (QED) is 0.447. The first kappa shape index (κ1) is 26.4. The van der Waals surface area contributed by atoms with Gasteiger partial charge in [-0.1, -0.05) is 6.07 Å². The summed E-state index contributed by atoms with van der Waals surface area (Å²) in [4.78, 5) is 11.3. The molecule has 0 amide bonds. The lowest BCUT2D eigenvalue weighted by Gasteiger charge is -2.39. The molecule has 1 aromatic heterocycles. The van der Waals surface area contributed by atoms with Crippen molar-refractivity contribution in [2.75, 3.05) is 13.7 Å². The first-order chi connectivity index (χ1) is 16.0. The molecule has 0 unspecified atom stereocenters. The van der Waals surface area contributed by atoms with E-state index >= 15 is 0 Å². The molecule has 1 aliphatic heterocycles. The summed E-state index contributed by atoms with van der Waals surface area (Å²) in [6.45, 7) is 5.26. The number of rotatable bonds is 7. The zero-order valence-corrected chi connectivity index (χ0v) is 20.7. The third-order valence-corrected chi connectivity index (χ3v) is 6.16. The van der Waals surface area contributed by atoms with Crippen LogP contribution in [0, 0.1) is 12.7 Å². The number of aliphatic hydroxyl groups is 3. The molecule has 1 aromatic carbocycles. The maximum absolute atomic E-state index is 14.1. The molecular formula is C22H28BrFN2O8. The van der Waals surface area contributed by atoms with Crippen LogP contribution in [-0.4, -0.2) is 75.7 Å². The van der Waals surface area contributed by atoms with Crippen LogP contribution in [0.1, 0.15) is 36.7 Å². The van der Waals surface area contributed by atoms with E-state index in [0.717, 1.165) is 12.8 Å². The predicted octanol–water partition coefficient (Wildman–Crippen LogP) is 2.23. The van der Waals surface area contributed by atoms with Crippen LogP contribution in [0.15, 0.2) is 22.7 Å². The summed E-state index contributed by atoms with van der Waals surface area (Å²) in [5.41, 5.74) is 2.07. The number of hydrogen-bond donors (Lipinski definition) is 3. The van der Waals surface area contributed by atoms with Crippen LogP contribution in [0.25, 0.3) is 0 Å². The average molecular weight is 547 g/mol. The van der Waals surface area contributed by atoms with Gasteiger partial charge in [-0.3, -0.25) is 4.68 Å². The Balaban J connectivity index is 1.88. The fourth-order valence-corrected chi connectivity index (χ4v) is 3.90. The molecular weight excluding hydrogens is 519 g/mol. The molecule has 0 aliphatic carbocycles. The molecule has 0 spiro atoms. The van der Waals surface area contributed by atoms with Gasteiger partial charge in [0.2, 0.25) is 12.2 Å². The number of hydrogen-bond acceptors (Lipinski definition) is 9. The van der Waals surface area contributed by atoms with Gasteiger partial charge in [0.05, 0.1) is 11.6 Å². The molecule has 2 heterocycles. The third kappa shape index (κ3) is 5.69. The first-order valence-electron chi connectivity index (χ1n) is 10.6. The average Bonchev–Trinajstić information content (AvgIpc) is 3.10. The van der Waals surface area contributed by atoms with Crippen LogP contribution in [-0.2, 0) is 20.6 Å². The highest BCUT2D eigenvalue weighted by Gasteiger charge is 2.46. The Bertz CT molecular complexity index is 1020. The molecule has 10 nitrogen and oxygen atoms in total. The number of ether oxygens (including phenoxy) is 4. The summed E-state index contributed by atoms with van der Waals surface area (Å²) in [5.74, 6) is -0.291. The number of carbonyl (C=O) groups is 1. The molecule has 0 radical (unpaired) electrons. The van der Waals surface area contributed by atoms with Crippen LogP contribution >= 0.6 is 15.9 Å².